The van der Waals surface area contributed by atoms with Crippen LogP contribution in [0.3, 0.4) is 0 Å². The number of carbonyl (C=O) groups is 1. The van der Waals surface area contributed by atoms with Crippen LogP contribution in [0.25, 0.3) is 10.9 Å². The number of nitrogens with one attached hydrogen (secondary N) is 1. The largest absolute Gasteiger partial charge is 0.466 e. The van der Waals surface area contributed by atoms with Gasteiger partial charge in [0.25, 0.3) is 0 Å². The van der Waals surface area contributed by atoms with Gasteiger partial charge in [0, 0.05) is 17.1 Å². The second kappa shape index (κ2) is 3.67. The molecule has 1 aliphatic heterocycles. The summed E-state index contributed by atoms with van der Waals surface area (Å²) in [7, 11) is 0. The number of hydrogen-bond donors (Lipinski definition) is 1. The van der Waals surface area contributed by atoms with E-state index in [4.69, 9.17) is 4.74 Å². The van der Waals surface area contributed by atoms with Crippen molar-refractivity contribution in [3.05, 3.63) is 36.0 Å². The van der Waals surface area contributed by atoms with E-state index in [0.717, 1.165) is 11.9 Å². The molecule has 0 amide bonds. The van der Waals surface area contributed by atoms with E-state index in [0.29, 0.717) is 18.9 Å². The Morgan fingerprint density at radius 1 is 1.31 bits per heavy atom. The second-order valence-electron chi connectivity index (χ2n) is 4.20. The number of rotatable bonds is 1. The molecule has 16 heavy (non-hydrogen) atoms. The third-order valence-electron chi connectivity index (χ3n) is 3.20. The first-order chi connectivity index (χ1) is 7.84. The Morgan fingerprint density at radius 2 is 2.19 bits per heavy atom. The minimum Gasteiger partial charge on any atom is -0.466 e. The van der Waals surface area contributed by atoms with E-state index in [-0.39, 0.29) is 5.97 Å². The summed E-state index contributed by atoms with van der Waals surface area (Å²) in [5, 5.41) is 1.22. The van der Waals surface area contributed by atoms with Crippen molar-refractivity contribution in [2.24, 2.45) is 0 Å². The molecule has 0 aliphatic carbocycles. The highest BCUT2D eigenvalue weighted by atomic mass is 16.5. The molecule has 1 aliphatic rings. The molecule has 0 bridgehead atoms. The van der Waals surface area contributed by atoms with Gasteiger partial charge in [-0.1, -0.05) is 18.2 Å². The van der Waals surface area contributed by atoms with Crippen LogP contribution in [0.4, 0.5) is 0 Å². The van der Waals surface area contributed by atoms with Crippen molar-refractivity contribution in [3.63, 3.8) is 0 Å². The van der Waals surface area contributed by atoms with E-state index < -0.39 is 0 Å². The highest BCUT2D eigenvalue weighted by molar-refractivity contribution is 5.84. The molecule has 1 fully saturated rings. The van der Waals surface area contributed by atoms with E-state index in [1.165, 1.54) is 10.9 Å². The Morgan fingerprint density at radius 3 is 3.06 bits per heavy atom. The van der Waals surface area contributed by atoms with Crippen LogP contribution in [0.5, 0.6) is 0 Å². The summed E-state index contributed by atoms with van der Waals surface area (Å²) in [4.78, 5) is 14.5. The molecule has 3 rings (SSSR count). The van der Waals surface area contributed by atoms with Gasteiger partial charge in [-0.25, -0.2) is 0 Å². The van der Waals surface area contributed by atoms with Crippen molar-refractivity contribution in [2.45, 2.75) is 18.8 Å². The number of aromatic nitrogens is 1. The lowest BCUT2D eigenvalue weighted by Crippen LogP contribution is -2.19. The lowest BCUT2D eigenvalue weighted by atomic mass is 9.91. The topological polar surface area (TPSA) is 42.1 Å². The third kappa shape index (κ3) is 1.48. The van der Waals surface area contributed by atoms with Crippen molar-refractivity contribution < 1.29 is 9.53 Å². The standard InChI is InChI=1S/C13H13NO2/c15-13-7-9(5-6-16-13)11-8-14-12-4-2-1-3-10(11)12/h1-4,8-9,14H,5-7H2. The zero-order valence-electron chi connectivity index (χ0n) is 8.90. The van der Waals surface area contributed by atoms with Crippen molar-refractivity contribution in [3.8, 4) is 0 Å². The van der Waals surface area contributed by atoms with Gasteiger partial charge in [-0.3, -0.25) is 4.79 Å². The van der Waals surface area contributed by atoms with Crippen LogP contribution < -0.4 is 0 Å². The lowest BCUT2D eigenvalue weighted by Gasteiger charge is -2.20. The van der Waals surface area contributed by atoms with E-state index in [1.54, 1.807) is 0 Å². The van der Waals surface area contributed by atoms with Crippen LogP contribution in [0.1, 0.15) is 24.3 Å². The number of aromatic amines is 1. The molecule has 0 radical (unpaired) electrons. The molecule has 1 atom stereocenters. The first kappa shape index (κ1) is 9.46. The smallest absolute Gasteiger partial charge is 0.306 e. The predicted octanol–water partition coefficient (Wildman–Crippen LogP) is 2.59. The Balaban J connectivity index is 2.02. The number of hydrogen-bond acceptors (Lipinski definition) is 2. The second-order valence-corrected chi connectivity index (χ2v) is 4.20. The van der Waals surface area contributed by atoms with E-state index >= 15 is 0 Å². The van der Waals surface area contributed by atoms with Gasteiger partial charge in [-0.2, -0.15) is 0 Å². The summed E-state index contributed by atoms with van der Waals surface area (Å²) in [6.45, 7) is 0.545. The van der Waals surface area contributed by atoms with Gasteiger partial charge >= 0.3 is 5.97 Å². The van der Waals surface area contributed by atoms with Crippen molar-refractivity contribution in [1.29, 1.82) is 0 Å². The average Bonchev–Trinajstić information content (AvgIpc) is 2.72. The van der Waals surface area contributed by atoms with E-state index in [2.05, 4.69) is 17.1 Å². The lowest BCUT2D eigenvalue weighted by molar-refractivity contribution is -0.147. The van der Waals surface area contributed by atoms with Gasteiger partial charge in [0.1, 0.15) is 0 Å². The minimum atomic E-state index is -0.0819. The molecule has 1 unspecified atom stereocenters. The molecule has 2 aromatic rings. The highest BCUT2D eigenvalue weighted by Gasteiger charge is 2.24. The minimum absolute atomic E-state index is 0.0819. The van der Waals surface area contributed by atoms with E-state index in [9.17, 15) is 4.79 Å². The molecule has 82 valence electrons. The summed E-state index contributed by atoms with van der Waals surface area (Å²) >= 11 is 0. The fourth-order valence-electron chi connectivity index (χ4n) is 2.37. The maximum Gasteiger partial charge on any atom is 0.306 e. The summed E-state index contributed by atoms with van der Waals surface area (Å²) in [5.74, 6) is 0.221. The van der Waals surface area contributed by atoms with Crippen LogP contribution in [0, 0.1) is 0 Å². The molecular formula is C13H13NO2. The maximum absolute atomic E-state index is 11.3. The first-order valence-corrected chi connectivity index (χ1v) is 5.56. The molecule has 0 saturated carbocycles. The van der Waals surface area contributed by atoms with Gasteiger partial charge in [0.15, 0.2) is 0 Å². The van der Waals surface area contributed by atoms with Crippen LogP contribution in [0.15, 0.2) is 30.5 Å². The van der Waals surface area contributed by atoms with Crippen molar-refractivity contribution >= 4 is 16.9 Å². The summed E-state index contributed by atoms with van der Waals surface area (Å²) in [6.07, 6.45) is 3.45. The van der Waals surface area contributed by atoms with Gasteiger partial charge in [-0.05, 0) is 24.0 Å². The van der Waals surface area contributed by atoms with Crippen LogP contribution in [-0.2, 0) is 9.53 Å². The number of cyclic esters (lactones) is 1. The molecular weight excluding hydrogens is 202 g/mol. The Bertz CT molecular complexity index is 529. The zero-order valence-corrected chi connectivity index (χ0v) is 8.90. The summed E-state index contributed by atoms with van der Waals surface area (Å²) < 4.78 is 4.97. The number of ether oxygens (including phenoxy) is 1. The molecule has 2 heterocycles. The average molecular weight is 215 g/mol. The van der Waals surface area contributed by atoms with Gasteiger partial charge in [-0.15, -0.1) is 0 Å². The highest BCUT2D eigenvalue weighted by Crippen LogP contribution is 2.32. The molecule has 0 spiro atoms. The number of para-hydroxylation sites is 1. The van der Waals surface area contributed by atoms with Crippen molar-refractivity contribution in [1.82, 2.24) is 4.98 Å². The monoisotopic (exact) mass is 215 g/mol. The van der Waals surface area contributed by atoms with Gasteiger partial charge in [0.05, 0.1) is 13.0 Å². The number of fused-ring (bicyclic) bond motifs is 1. The van der Waals surface area contributed by atoms with Crippen LogP contribution in [-0.4, -0.2) is 17.6 Å². The Kier molecular flexibility index (Phi) is 2.17. The summed E-state index contributed by atoms with van der Waals surface area (Å²) in [5.41, 5.74) is 2.38. The van der Waals surface area contributed by atoms with Gasteiger partial charge < -0.3 is 9.72 Å². The molecule has 1 N–H and O–H groups in total. The van der Waals surface area contributed by atoms with Crippen molar-refractivity contribution in [2.75, 3.05) is 6.61 Å². The molecule has 1 aromatic carbocycles. The fourth-order valence-corrected chi connectivity index (χ4v) is 2.37. The number of carbonyl (C=O) groups excluding carboxylic acids is 1. The molecule has 1 aromatic heterocycles. The van der Waals surface area contributed by atoms with E-state index in [1.807, 2.05) is 18.3 Å². The molecule has 3 nitrogen and oxygen atoms in total. The number of benzene rings is 1. The van der Waals surface area contributed by atoms with Gasteiger partial charge in [0.2, 0.25) is 0 Å². The third-order valence-corrected chi connectivity index (χ3v) is 3.20. The predicted molar refractivity (Wildman–Crippen MR) is 61.2 cm³/mol. The summed E-state index contributed by atoms with van der Waals surface area (Å²) in [6, 6.07) is 8.19. The van der Waals surface area contributed by atoms with Crippen LogP contribution >= 0.6 is 0 Å². The normalized spacial score (nSPS) is 21.0. The Labute approximate surface area is 93.4 Å². The first-order valence-electron chi connectivity index (χ1n) is 5.56. The fraction of sp³-hybridized carbons (Fsp3) is 0.308. The number of H-pyrrole nitrogens is 1. The molecule has 3 heteroatoms. The SMILES string of the molecule is O=C1CC(c2c[nH]c3ccccc23)CCO1. The quantitative estimate of drug-likeness (QED) is 0.743. The zero-order chi connectivity index (χ0) is 11.0. The van der Waals surface area contributed by atoms with Crippen LogP contribution in [0.2, 0.25) is 0 Å². The Hall–Kier alpha value is -1.77. The molecule has 1 saturated heterocycles. The maximum atomic E-state index is 11.3. The number of esters is 1.